The Balaban J connectivity index is 1.50. The van der Waals surface area contributed by atoms with Crippen molar-refractivity contribution in [1.29, 1.82) is 0 Å². The highest BCUT2D eigenvalue weighted by Crippen LogP contribution is 2.29. The summed E-state index contributed by atoms with van der Waals surface area (Å²) in [5.41, 5.74) is 6.16. The van der Waals surface area contributed by atoms with Crippen molar-refractivity contribution in [3.05, 3.63) is 102 Å². The minimum atomic E-state index is 0.737. The molecule has 3 heterocycles. The summed E-state index contributed by atoms with van der Waals surface area (Å²) in [6.07, 6.45) is 6.74. The molecule has 0 atom stereocenters. The minimum absolute atomic E-state index is 0.737. The Morgan fingerprint density at radius 3 is 2.61 bits per heavy atom. The van der Waals surface area contributed by atoms with Gasteiger partial charge >= 0.3 is 0 Å². The number of rotatable bonds is 3. The highest BCUT2D eigenvalue weighted by Gasteiger charge is 2.14. The Hall–Kier alpha value is -3.59. The second-order valence-corrected chi connectivity index (χ2v) is 6.87. The van der Waals surface area contributed by atoms with E-state index in [9.17, 15) is 0 Å². The molecule has 3 heteroatoms. The molecule has 2 aromatic carbocycles. The average Bonchev–Trinajstić information content (AvgIpc) is 3.36. The molecule has 0 fully saturated rings. The van der Waals surface area contributed by atoms with Gasteiger partial charge in [-0.1, -0.05) is 42.5 Å². The van der Waals surface area contributed by atoms with Crippen molar-refractivity contribution < 1.29 is 8.83 Å². The minimum Gasteiger partial charge on any atom is -0.464 e. The van der Waals surface area contributed by atoms with E-state index in [4.69, 9.17) is 13.8 Å². The van der Waals surface area contributed by atoms with Crippen molar-refractivity contribution in [2.75, 3.05) is 0 Å². The zero-order valence-corrected chi connectivity index (χ0v) is 15.6. The van der Waals surface area contributed by atoms with Crippen LogP contribution in [0.3, 0.4) is 0 Å². The SMILES string of the molecule is CC1=C(c2ccccc2)C=CCC(c2ccc(-c3ccc4occc4c3)o2)=N1. The summed E-state index contributed by atoms with van der Waals surface area (Å²) in [6.45, 7) is 2.05. The first kappa shape index (κ1) is 16.6. The highest BCUT2D eigenvalue weighted by molar-refractivity contribution is 6.02. The van der Waals surface area contributed by atoms with Crippen molar-refractivity contribution in [2.24, 2.45) is 4.99 Å². The van der Waals surface area contributed by atoms with Gasteiger partial charge in [0.15, 0.2) is 0 Å². The van der Waals surface area contributed by atoms with E-state index in [1.165, 1.54) is 5.56 Å². The maximum Gasteiger partial charge on any atom is 0.149 e. The smallest absolute Gasteiger partial charge is 0.149 e. The first-order valence-corrected chi connectivity index (χ1v) is 9.36. The third-order valence-corrected chi connectivity index (χ3v) is 5.00. The van der Waals surface area contributed by atoms with Crippen LogP contribution in [0, 0.1) is 0 Å². The lowest BCUT2D eigenvalue weighted by Crippen LogP contribution is -1.97. The molecule has 1 aliphatic rings. The standard InChI is InChI=1S/C25H19NO2/c1-17-21(18-6-3-2-4-7-18)8-5-9-22(26-17)25-13-12-24(28-25)19-10-11-23-20(16-19)14-15-27-23/h2-8,10-16H,9H2,1H3. The summed E-state index contributed by atoms with van der Waals surface area (Å²) in [6, 6.07) is 22.4. The molecule has 136 valence electrons. The topological polar surface area (TPSA) is 38.6 Å². The van der Waals surface area contributed by atoms with Gasteiger partial charge in [0.25, 0.3) is 0 Å². The van der Waals surface area contributed by atoms with Crippen LogP contribution in [-0.4, -0.2) is 5.71 Å². The molecule has 1 aliphatic heterocycles. The van der Waals surface area contributed by atoms with E-state index in [-0.39, 0.29) is 0 Å². The summed E-state index contributed by atoms with van der Waals surface area (Å²) in [5, 5.41) is 1.07. The molecule has 0 saturated carbocycles. The summed E-state index contributed by atoms with van der Waals surface area (Å²) in [5.74, 6) is 1.64. The first-order valence-electron chi connectivity index (χ1n) is 9.36. The number of hydrogen-bond donors (Lipinski definition) is 0. The summed E-state index contributed by atoms with van der Waals surface area (Å²) < 4.78 is 11.6. The first-order chi connectivity index (χ1) is 13.8. The fraction of sp³-hybridized carbons (Fsp3) is 0.0800. The van der Waals surface area contributed by atoms with Crippen molar-refractivity contribution in [3.8, 4) is 11.3 Å². The van der Waals surface area contributed by atoms with Gasteiger partial charge < -0.3 is 8.83 Å². The molecule has 2 aromatic heterocycles. The van der Waals surface area contributed by atoms with Gasteiger partial charge in [0.05, 0.1) is 12.0 Å². The molecular formula is C25H19NO2. The number of fused-ring (bicyclic) bond motifs is 1. The number of aliphatic imine (C=N–C) groups is 1. The number of benzene rings is 2. The molecular weight excluding hydrogens is 346 g/mol. The van der Waals surface area contributed by atoms with Crippen LogP contribution in [-0.2, 0) is 0 Å². The Morgan fingerprint density at radius 2 is 1.71 bits per heavy atom. The van der Waals surface area contributed by atoms with Crippen LogP contribution in [0.2, 0.25) is 0 Å². The molecule has 0 amide bonds. The van der Waals surface area contributed by atoms with Crippen LogP contribution in [0.15, 0.2) is 105 Å². The fourth-order valence-corrected chi connectivity index (χ4v) is 3.56. The number of allylic oxidation sites excluding steroid dienone is 4. The summed E-state index contributed by atoms with van der Waals surface area (Å²) >= 11 is 0. The molecule has 0 unspecified atom stereocenters. The zero-order chi connectivity index (χ0) is 18.9. The third-order valence-electron chi connectivity index (χ3n) is 5.00. The lowest BCUT2D eigenvalue weighted by molar-refractivity contribution is 0.571. The van der Waals surface area contributed by atoms with E-state index >= 15 is 0 Å². The normalized spacial score (nSPS) is 14.4. The number of furan rings is 2. The van der Waals surface area contributed by atoms with Gasteiger partial charge in [-0.05, 0) is 48.9 Å². The molecule has 28 heavy (non-hydrogen) atoms. The Morgan fingerprint density at radius 1 is 0.857 bits per heavy atom. The molecule has 5 rings (SSSR count). The third kappa shape index (κ3) is 3.01. The van der Waals surface area contributed by atoms with E-state index in [0.29, 0.717) is 0 Å². The maximum absolute atomic E-state index is 6.16. The Bertz CT molecular complexity index is 1240. The van der Waals surface area contributed by atoms with Gasteiger partial charge in [-0.25, -0.2) is 0 Å². The van der Waals surface area contributed by atoms with Crippen LogP contribution in [0.25, 0.3) is 27.9 Å². The number of nitrogens with zero attached hydrogens (tertiary/aromatic N) is 1. The van der Waals surface area contributed by atoms with Crippen LogP contribution in [0.4, 0.5) is 0 Å². The van der Waals surface area contributed by atoms with E-state index in [0.717, 1.165) is 51.5 Å². The predicted octanol–water partition coefficient (Wildman–Crippen LogP) is 6.87. The van der Waals surface area contributed by atoms with Gasteiger partial charge in [0.2, 0.25) is 0 Å². The van der Waals surface area contributed by atoms with Gasteiger partial charge in [0, 0.05) is 28.6 Å². The quantitative estimate of drug-likeness (QED) is 0.397. The van der Waals surface area contributed by atoms with Crippen LogP contribution in [0.5, 0.6) is 0 Å². The average molecular weight is 365 g/mol. The van der Waals surface area contributed by atoms with Crippen LogP contribution < -0.4 is 0 Å². The van der Waals surface area contributed by atoms with E-state index in [1.807, 2.05) is 36.4 Å². The van der Waals surface area contributed by atoms with Gasteiger partial charge in [0.1, 0.15) is 17.1 Å². The molecule has 4 aromatic rings. The van der Waals surface area contributed by atoms with Crippen LogP contribution >= 0.6 is 0 Å². The Labute approximate surface area is 163 Å². The molecule has 3 nitrogen and oxygen atoms in total. The van der Waals surface area contributed by atoms with E-state index in [2.05, 4.69) is 49.4 Å². The molecule has 0 spiro atoms. The molecule has 0 saturated heterocycles. The largest absolute Gasteiger partial charge is 0.464 e. The van der Waals surface area contributed by atoms with E-state index < -0.39 is 0 Å². The lowest BCUT2D eigenvalue weighted by Gasteiger charge is -2.04. The molecule has 0 aliphatic carbocycles. The maximum atomic E-state index is 6.16. The second-order valence-electron chi connectivity index (χ2n) is 6.87. The summed E-state index contributed by atoms with van der Waals surface area (Å²) in [7, 11) is 0. The van der Waals surface area contributed by atoms with Crippen molar-refractivity contribution in [3.63, 3.8) is 0 Å². The van der Waals surface area contributed by atoms with E-state index in [1.54, 1.807) is 6.26 Å². The molecule has 0 radical (unpaired) electrons. The molecule has 0 bridgehead atoms. The lowest BCUT2D eigenvalue weighted by atomic mass is 10.0. The highest BCUT2D eigenvalue weighted by atomic mass is 16.3. The molecule has 0 N–H and O–H groups in total. The van der Waals surface area contributed by atoms with Gasteiger partial charge in [-0.2, -0.15) is 0 Å². The monoisotopic (exact) mass is 365 g/mol. The zero-order valence-electron chi connectivity index (χ0n) is 15.6. The number of hydrogen-bond acceptors (Lipinski definition) is 3. The van der Waals surface area contributed by atoms with Gasteiger partial charge in [-0.3, -0.25) is 4.99 Å². The Kier molecular flexibility index (Phi) is 4.06. The summed E-state index contributed by atoms with van der Waals surface area (Å²) in [4.78, 5) is 4.88. The van der Waals surface area contributed by atoms with Crippen molar-refractivity contribution >= 4 is 22.3 Å². The second kappa shape index (κ2) is 6.86. The van der Waals surface area contributed by atoms with Crippen LogP contribution in [0.1, 0.15) is 24.7 Å². The van der Waals surface area contributed by atoms with Gasteiger partial charge in [-0.15, -0.1) is 0 Å². The van der Waals surface area contributed by atoms with Crippen molar-refractivity contribution in [1.82, 2.24) is 0 Å². The predicted molar refractivity (Wildman–Crippen MR) is 113 cm³/mol. The fourth-order valence-electron chi connectivity index (χ4n) is 3.56. The van der Waals surface area contributed by atoms with Crippen molar-refractivity contribution in [2.45, 2.75) is 13.3 Å².